The molecule has 3 aromatic rings. The molecule has 0 amide bonds. The molecule has 102 valence electrons. The summed E-state index contributed by atoms with van der Waals surface area (Å²) in [5, 5.41) is 0.719. The van der Waals surface area contributed by atoms with Crippen molar-refractivity contribution in [1.82, 2.24) is 9.55 Å². The number of hydrogen-bond acceptors (Lipinski definition) is 1. The van der Waals surface area contributed by atoms with Gasteiger partial charge in [-0.25, -0.2) is 4.39 Å². The molecule has 1 aromatic heterocycles. The first kappa shape index (κ1) is 13.6. The van der Waals surface area contributed by atoms with Crippen molar-refractivity contribution in [2.24, 2.45) is 0 Å². The van der Waals surface area contributed by atoms with Gasteiger partial charge in [-0.1, -0.05) is 41.4 Å². The molecule has 0 atom stereocenters. The van der Waals surface area contributed by atoms with Gasteiger partial charge in [-0.05, 0) is 29.9 Å². The summed E-state index contributed by atoms with van der Waals surface area (Å²) in [6.07, 6.45) is 0. The minimum Gasteiger partial charge on any atom is -0.331 e. The monoisotopic (exact) mass is 326 g/mol. The number of fused-ring (bicyclic) bond motifs is 1. The molecule has 0 radical (unpaired) electrons. The fourth-order valence-electron chi connectivity index (χ4n) is 2.11. The Bertz CT molecular complexity index is 854. The second kappa shape index (κ2) is 5.20. The third-order valence-electron chi connectivity index (χ3n) is 3.10. The summed E-state index contributed by atoms with van der Waals surface area (Å²) in [5.74, 6) is -0.471. The average molecular weight is 327 g/mol. The molecular weight excluding hydrogens is 318 g/mol. The van der Waals surface area contributed by atoms with Crippen LogP contribution in [0.2, 0.25) is 10.0 Å². The number of aromatic amines is 1. The molecule has 2 nitrogen and oxygen atoms in total. The van der Waals surface area contributed by atoms with Gasteiger partial charge < -0.3 is 9.55 Å². The molecule has 1 heterocycles. The van der Waals surface area contributed by atoms with Crippen LogP contribution in [-0.4, -0.2) is 9.55 Å². The topological polar surface area (TPSA) is 20.7 Å². The molecule has 0 saturated carbocycles. The van der Waals surface area contributed by atoms with E-state index in [9.17, 15) is 4.39 Å². The van der Waals surface area contributed by atoms with E-state index in [1.807, 2.05) is 24.3 Å². The highest BCUT2D eigenvalue weighted by Crippen LogP contribution is 2.24. The number of nitrogens with one attached hydrogen (secondary N) is 1. The van der Waals surface area contributed by atoms with Crippen molar-refractivity contribution < 1.29 is 4.39 Å². The summed E-state index contributed by atoms with van der Waals surface area (Å²) in [6, 6.07) is 10.4. The molecule has 0 aliphatic carbocycles. The Morgan fingerprint density at radius 1 is 1.15 bits per heavy atom. The molecule has 0 saturated heterocycles. The van der Waals surface area contributed by atoms with Gasteiger partial charge in [0.05, 0.1) is 22.6 Å². The van der Waals surface area contributed by atoms with Gasteiger partial charge in [-0.2, -0.15) is 0 Å². The number of benzene rings is 2. The molecule has 1 N–H and O–H groups in total. The van der Waals surface area contributed by atoms with Gasteiger partial charge in [-0.15, -0.1) is 0 Å². The summed E-state index contributed by atoms with van der Waals surface area (Å²) < 4.78 is 15.9. The van der Waals surface area contributed by atoms with Crippen molar-refractivity contribution in [1.29, 1.82) is 0 Å². The first-order chi connectivity index (χ1) is 9.56. The Labute approximate surface area is 129 Å². The normalized spacial score (nSPS) is 11.2. The van der Waals surface area contributed by atoms with Gasteiger partial charge >= 0.3 is 0 Å². The smallest absolute Gasteiger partial charge is 0.178 e. The number of nitrogens with zero attached hydrogens (tertiary/aromatic N) is 1. The summed E-state index contributed by atoms with van der Waals surface area (Å²) in [6.45, 7) is 0.472. The molecule has 0 aliphatic rings. The molecule has 0 spiro atoms. The predicted molar refractivity (Wildman–Crippen MR) is 82.6 cm³/mol. The van der Waals surface area contributed by atoms with Gasteiger partial charge in [-0.3, -0.25) is 0 Å². The van der Waals surface area contributed by atoms with Gasteiger partial charge in [0.2, 0.25) is 0 Å². The van der Waals surface area contributed by atoms with E-state index in [4.69, 9.17) is 35.4 Å². The van der Waals surface area contributed by atoms with E-state index >= 15 is 0 Å². The zero-order valence-corrected chi connectivity index (χ0v) is 12.5. The largest absolute Gasteiger partial charge is 0.331 e. The lowest BCUT2D eigenvalue weighted by atomic mass is 10.2. The van der Waals surface area contributed by atoms with Crippen LogP contribution >= 0.6 is 35.4 Å². The van der Waals surface area contributed by atoms with E-state index in [0.717, 1.165) is 5.56 Å². The van der Waals surface area contributed by atoms with E-state index in [1.165, 1.54) is 12.1 Å². The van der Waals surface area contributed by atoms with Crippen LogP contribution in [0.5, 0.6) is 0 Å². The van der Waals surface area contributed by atoms with Crippen molar-refractivity contribution in [3.63, 3.8) is 0 Å². The highest BCUT2D eigenvalue weighted by atomic mass is 35.5. The minimum atomic E-state index is -0.471. The van der Waals surface area contributed by atoms with Crippen LogP contribution in [-0.2, 0) is 6.54 Å². The third kappa shape index (κ3) is 2.35. The van der Waals surface area contributed by atoms with Crippen LogP contribution in [0.4, 0.5) is 4.39 Å². The molecule has 0 bridgehead atoms. The zero-order chi connectivity index (χ0) is 14.3. The fraction of sp³-hybridized carbons (Fsp3) is 0.0714. The quantitative estimate of drug-likeness (QED) is 0.642. The number of aromatic nitrogens is 2. The molecule has 6 heteroatoms. The summed E-state index contributed by atoms with van der Waals surface area (Å²) in [4.78, 5) is 3.02. The van der Waals surface area contributed by atoms with Crippen molar-refractivity contribution >= 4 is 46.5 Å². The Morgan fingerprint density at radius 2 is 1.90 bits per heavy atom. The Kier molecular flexibility index (Phi) is 3.54. The predicted octanol–water partition coefficient (Wildman–Crippen LogP) is 5.19. The first-order valence-corrected chi connectivity index (χ1v) is 7.03. The van der Waals surface area contributed by atoms with Gasteiger partial charge in [0.1, 0.15) is 5.82 Å². The van der Waals surface area contributed by atoms with Crippen LogP contribution < -0.4 is 0 Å². The second-order valence-electron chi connectivity index (χ2n) is 4.39. The van der Waals surface area contributed by atoms with E-state index in [2.05, 4.69) is 4.98 Å². The van der Waals surface area contributed by atoms with E-state index in [-0.39, 0.29) is 5.02 Å². The van der Waals surface area contributed by atoms with E-state index in [0.29, 0.717) is 27.4 Å². The number of H-pyrrole nitrogens is 1. The summed E-state index contributed by atoms with van der Waals surface area (Å²) in [7, 11) is 0. The third-order valence-corrected chi connectivity index (χ3v) is 4.08. The van der Waals surface area contributed by atoms with Gasteiger partial charge in [0.25, 0.3) is 0 Å². The maximum absolute atomic E-state index is 13.6. The zero-order valence-electron chi connectivity index (χ0n) is 10.2. The standard InChI is InChI=1S/C14H9Cl2FN2S/c15-9-4-2-1-3-8(9)7-19-13-6-11(17)10(16)5-12(13)18-14(19)20/h1-6H,7H2,(H,18,20). The molecular formula is C14H9Cl2FN2S. The number of hydrogen-bond donors (Lipinski definition) is 1. The maximum Gasteiger partial charge on any atom is 0.178 e. The number of halogens is 3. The molecule has 0 fully saturated rings. The van der Waals surface area contributed by atoms with Crippen molar-refractivity contribution in [2.45, 2.75) is 6.54 Å². The average Bonchev–Trinajstić information content (AvgIpc) is 2.69. The van der Waals surface area contributed by atoms with Crippen molar-refractivity contribution in [2.75, 3.05) is 0 Å². The molecule has 20 heavy (non-hydrogen) atoms. The number of imidazole rings is 1. The van der Waals surface area contributed by atoms with Crippen LogP contribution in [0, 0.1) is 10.6 Å². The van der Waals surface area contributed by atoms with Crippen LogP contribution in [0.15, 0.2) is 36.4 Å². The van der Waals surface area contributed by atoms with Crippen LogP contribution in [0.25, 0.3) is 11.0 Å². The highest BCUT2D eigenvalue weighted by Gasteiger charge is 2.10. The van der Waals surface area contributed by atoms with Crippen LogP contribution in [0.1, 0.15) is 5.56 Å². The van der Waals surface area contributed by atoms with Gasteiger partial charge in [0, 0.05) is 11.1 Å². The first-order valence-electron chi connectivity index (χ1n) is 5.87. The minimum absolute atomic E-state index is 0.0682. The van der Waals surface area contributed by atoms with E-state index < -0.39 is 5.82 Å². The molecule has 3 rings (SSSR count). The summed E-state index contributed by atoms with van der Waals surface area (Å²) >= 11 is 17.2. The second-order valence-corrected chi connectivity index (χ2v) is 5.59. The Hall–Kier alpha value is -1.36. The number of rotatable bonds is 2. The molecule has 0 aliphatic heterocycles. The Balaban J connectivity index is 2.17. The van der Waals surface area contributed by atoms with Gasteiger partial charge in [0.15, 0.2) is 4.77 Å². The lowest BCUT2D eigenvalue weighted by molar-refractivity contribution is 0.629. The van der Waals surface area contributed by atoms with E-state index in [1.54, 1.807) is 4.57 Å². The van der Waals surface area contributed by atoms with Crippen LogP contribution in [0.3, 0.4) is 0 Å². The molecule has 0 unspecified atom stereocenters. The lowest BCUT2D eigenvalue weighted by Gasteiger charge is -2.07. The lowest BCUT2D eigenvalue weighted by Crippen LogP contribution is -2.00. The van der Waals surface area contributed by atoms with Crippen molar-refractivity contribution in [3.05, 3.63) is 62.6 Å². The fourth-order valence-corrected chi connectivity index (χ4v) is 2.74. The maximum atomic E-state index is 13.6. The van der Waals surface area contributed by atoms with Crippen molar-refractivity contribution in [3.8, 4) is 0 Å². The summed E-state index contributed by atoms with van der Waals surface area (Å²) in [5.41, 5.74) is 2.28. The Morgan fingerprint density at radius 3 is 2.65 bits per heavy atom. The SMILES string of the molecule is Fc1cc2c(cc1Cl)[nH]c(=S)n2Cc1ccccc1Cl. The highest BCUT2D eigenvalue weighted by molar-refractivity contribution is 7.71. The molecule has 2 aromatic carbocycles.